The lowest BCUT2D eigenvalue weighted by molar-refractivity contribution is -0.138. The number of nitrogens with one attached hydrogen (secondary N) is 1. The first kappa shape index (κ1) is 16.4. The van der Waals surface area contributed by atoms with E-state index in [1.807, 2.05) is 20.8 Å². The van der Waals surface area contributed by atoms with Gasteiger partial charge in [-0.05, 0) is 37.6 Å². The van der Waals surface area contributed by atoms with E-state index < -0.39 is 11.2 Å². The Labute approximate surface area is 121 Å². The van der Waals surface area contributed by atoms with Gasteiger partial charge in [-0.1, -0.05) is 18.7 Å². The van der Waals surface area contributed by atoms with Crippen LogP contribution in [0.3, 0.4) is 0 Å². The highest BCUT2D eigenvalue weighted by molar-refractivity contribution is 8.00. The number of aliphatic carboxylic acids is 1. The van der Waals surface area contributed by atoms with Crippen molar-refractivity contribution >= 4 is 23.6 Å². The maximum Gasteiger partial charge on any atom is 0.325 e. The van der Waals surface area contributed by atoms with Gasteiger partial charge in [0.1, 0.15) is 6.54 Å². The summed E-state index contributed by atoms with van der Waals surface area (Å²) >= 11 is 1.13. The molecule has 0 saturated heterocycles. The zero-order chi connectivity index (χ0) is 15.3. The lowest BCUT2D eigenvalue weighted by atomic mass is 10.0. The van der Waals surface area contributed by atoms with E-state index in [9.17, 15) is 9.59 Å². The Hall–Kier alpha value is -1.64. The standard InChI is InChI=1S/C11H19N5O3S/c1-5-11(3,4)12-9(19)7(2)20-10-13-14-15-16(10)6-8(17)18/h7H,5-6H2,1-4H3,(H,12,19)(H,17,18). The van der Waals surface area contributed by atoms with Gasteiger partial charge in [0.25, 0.3) is 0 Å². The molecule has 1 rings (SSSR count). The van der Waals surface area contributed by atoms with Crippen LogP contribution in [0.4, 0.5) is 0 Å². The van der Waals surface area contributed by atoms with Crippen LogP contribution >= 0.6 is 11.8 Å². The highest BCUT2D eigenvalue weighted by Gasteiger charge is 2.24. The number of carboxylic acids is 1. The van der Waals surface area contributed by atoms with E-state index in [2.05, 4.69) is 20.8 Å². The Bertz CT molecular complexity index is 488. The van der Waals surface area contributed by atoms with Gasteiger partial charge < -0.3 is 10.4 Å². The molecule has 1 aromatic rings. The predicted octanol–water partition coefficient (Wildman–Crippen LogP) is 0.543. The number of amides is 1. The first-order valence-corrected chi connectivity index (χ1v) is 7.10. The van der Waals surface area contributed by atoms with Crippen LogP contribution in [0.15, 0.2) is 5.16 Å². The van der Waals surface area contributed by atoms with Gasteiger partial charge in [0.15, 0.2) is 0 Å². The number of tetrazole rings is 1. The highest BCUT2D eigenvalue weighted by Crippen LogP contribution is 2.21. The molecule has 112 valence electrons. The van der Waals surface area contributed by atoms with Crippen LogP contribution in [0.5, 0.6) is 0 Å². The smallest absolute Gasteiger partial charge is 0.325 e. The van der Waals surface area contributed by atoms with Crippen molar-refractivity contribution in [1.29, 1.82) is 0 Å². The fraction of sp³-hybridized carbons (Fsp3) is 0.727. The first-order chi connectivity index (χ1) is 9.25. The maximum absolute atomic E-state index is 12.1. The highest BCUT2D eigenvalue weighted by atomic mass is 32.2. The molecule has 9 heteroatoms. The number of carbonyl (C=O) groups is 2. The minimum absolute atomic E-state index is 0.133. The van der Waals surface area contributed by atoms with Gasteiger partial charge in [-0.15, -0.1) is 5.10 Å². The van der Waals surface area contributed by atoms with Crippen LogP contribution in [-0.2, 0) is 16.1 Å². The summed E-state index contributed by atoms with van der Waals surface area (Å²) in [4.78, 5) is 22.7. The molecule has 0 aliphatic carbocycles. The van der Waals surface area contributed by atoms with Gasteiger partial charge in [-0.3, -0.25) is 9.59 Å². The quantitative estimate of drug-likeness (QED) is 0.707. The van der Waals surface area contributed by atoms with E-state index in [-0.39, 0.29) is 18.0 Å². The molecule has 2 N–H and O–H groups in total. The number of hydrogen-bond acceptors (Lipinski definition) is 6. The number of nitrogens with zero attached hydrogens (tertiary/aromatic N) is 4. The summed E-state index contributed by atoms with van der Waals surface area (Å²) in [5.41, 5.74) is -0.279. The molecule has 1 atom stereocenters. The third-order valence-corrected chi connectivity index (χ3v) is 3.85. The Morgan fingerprint density at radius 3 is 2.70 bits per heavy atom. The molecule has 0 saturated carbocycles. The van der Waals surface area contributed by atoms with Gasteiger partial charge in [-0.2, -0.15) is 0 Å². The minimum Gasteiger partial charge on any atom is -0.480 e. The molecule has 0 fully saturated rings. The van der Waals surface area contributed by atoms with Crippen LogP contribution in [0.25, 0.3) is 0 Å². The number of carboxylic acid groups (broad SMARTS) is 1. The topological polar surface area (TPSA) is 110 Å². The third kappa shape index (κ3) is 4.80. The molecule has 1 aromatic heterocycles. The average Bonchev–Trinajstić information content (AvgIpc) is 2.75. The fourth-order valence-corrected chi connectivity index (χ4v) is 2.03. The van der Waals surface area contributed by atoms with Crippen LogP contribution in [0, 0.1) is 0 Å². The van der Waals surface area contributed by atoms with Crippen molar-refractivity contribution in [3.8, 4) is 0 Å². The van der Waals surface area contributed by atoms with Gasteiger partial charge in [0.2, 0.25) is 11.1 Å². The summed E-state index contributed by atoms with van der Waals surface area (Å²) in [5.74, 6) is -1.17. The number of rotatable bonds is 7. The third-order valence-electron chi connectivity index (χ3n) is 2.78. The van der Waals surface area contributed by atoms with Crippen LogP contribution in [0.2, 0.25) is 0 Å². The molecule has 1 amide bonds. The normalized spacial score (nSPS) is 13.0. The Balaban J connectivity index is 2.66. The molecule has 0 aliphatic heterocycles. The molecule has 0 aromatic carbocycles. The number of aromatic nitrogens is 4. The second-order valence-electron chi connectivity index (χ2n) is 5.00. The summed E-state index contributed by atoms with van der Waals surface area (Å²) in [5, 5.41) is 22.3. The second kappa shape index (κ2) is 6.69. The summed E-state index contributed by atoms with van der Waals surface area (Å²) in [7, 11) is 0. The van der Waals surface area contributed by atoms with Crippen molar-refractivity contribution in [2.75, 3.05) is 0 Å². The van der Waals surface area contributed by atoms with Crippen molar-refractivity contribution in [1.82, 2.24) is 25.5 Å². The average molecular weight is 301 g/mol. The summed E-state index contributed by atoms with van der Waals surface area (Å²) in [6.45, 7) is 7.27. The van der Waals surface area contributed by atoms with Crippen molar-refractivity contribution in [3.05, 3.63) is 0 Å². The maximum atomic E-state index is 12.1. The van der Waals surface area contributed by atoms with E-state index in [0.717, 1.165) is 22.9 Å². The Morgan fingerprint density at radius 1 is 1.50 bits per heavy atom. The van der Waals surface area contributed by atoms with Crippen molar-refractivity contribution in [2.45, 2.75) is 56.6 Å². The molecule has 0 radical (unpaired) electrons. The van der Waals surface area contributed by atoms with E-state index in [1.165, 1.54) is 0 Å². The van der Waals surface area contributed by atoms with E-state index in [1.54, 1.807) is 6.92 Å². The molecular formula is C11H19N5O3S. The molecule has 0 bridgehead atoms. The molecule has 1 heterocycles. The molecule has 20 heavy (non-hydrogen) atoms. The summed E-state index contributed by atoms with van der Waals surface area (Å²) < 4.78 is 1.15. The van der Waals surface area contributed by atoms with E-state index >= 15 is 0 Å². The minimum atomic E-state index is -1.04. The van der Waals surface area contributed by atoms with E-state index in [0.29, 0.717) is 5.16 Å². The van der Waals surface area contributed by atoms with Crippen molar-refractivity contribution in [2.24, 2.45) is 0 Å². The molecular weight excluding hydrogens is 282 g/mol. The summed E-state index contributed by atoms with van der Waals surface area (Å²) in [6.07, 6.45) is 0.812. The second-order valence-corrected chi connectivity index (χ2v) is 6.31. The number of hydrogen-bond donors (Lipinski definition) is 2. The van der Waals surface area contributed by atoms with E-state index in [4.69, 9.17) is 5.11 Å². The molecule has 0 aliphatic rings. The van der Waals surface area contributed by atoms with Gasteiger partial charge >= 0.3 is 5.97 Å². The van der Waals surface area contributed by atoms with Crippen LogP contribution in [-0.4, -0.2) is 48.0 Å². The number of carbonyl (C=O) groups excluding carboxylic acids is 1. The first-order valence-electron chi connectivity index (χ1n) is 6.22. The van der Waals surface area contributed by atoms with Gasteiger partial charge in [-0.25, -0.2) is 4.68 Å². The Kier molecular flexibility index (Phi) is 5.49. The molecule has 1 unspecified atom stereocenters. The van der Waals surface area contributed by atoms with Gasteiger partial charge in [0.05, 0.1) is 5.25 Å². The van der Waals surface area contributed by atoms with Crippen LogP contribution < -0.4 is 5.32 Å². The zero-order valence-electron chi connectivity index (χ0n) is 12.0. The van der Waals surface area contributed by atoms with Crippen LogP contribution in [0.1, 0.15) is 34.1 Å². The lowest BCUT2D eigenvalue weighted by Gasteiger charge is -2.26. The Morgan fingerprint density at radius 2 is 2.15 bits per heavy atom. The summed E-state index contributed by atoms with van der Waals surface area (Å²) in [6, 6.07) is 0. The lowest BCUT2D eigenvalue weighted by Crippen LogP contribution is -2.46. The molecule has 0 spiro atoms. The fourth-order valence-electron chi connectivity index (χ4n) is 1.24. The van der Waals surface area contributed by atoms with Crippen molar-refractivity contribution < 1.29 is 14.7 Å². The molecule has 8 nitrogen and oxygen atoms in total. The number of thioether (sulfide) groups is 1. The van der Waals surface area contributed by atoms with Crippen molar-refractivity contribution in [3.63, 3.8) is 0 Å². The largest absolute Gasteiger partial charge is 0.480 e. The van der Waals surface area contributed by atoms with Gasteiger partial charge in [0, 0.05) is 5.54 Å². The SMILES string of the molecule is CCC(C)(C)NC(=O)C(C)Sc1nnnn1CC(=O)O. The zero-order valence-corrected chi connectivity index (χ0v) is 12.8. The predicted molar refractivity (Wildman–Crippen MR) is 73.3 cm³/mol. The monoisotopic (exact) mass is 301 g/mol.